The molecule has 3 aromatic rings. The first-order valence-electron chi connectivity index (χ1n) is 8.94. The molecule has 26 heavy (non-hydrogen) atoms. The molecule has 0 aliphatic rings. The molecule has 6 heteroatoms. The quantitative estimate of drug-likeness (QED) is 0.758. The number of rotatable bonds is 5. The van der Waals surface area contributed by atoms with Crippen molar-refractivity contribution >= 4 is 28.3 Å². The van der Waals surface area contributed by atoms with Gasteiger partial charge in [0.15, 0.2) is 0 Å². The van der Waals surface area contributed by atoms with Crippen molar-refractivity contribution in [2.45, 2.75) is 34.6 Å². The molecule has 3 rings (SSSR count). The molecule has 0 radical (unpaired) electrons. The molecule has 1 heterocycles. The lowest BCUT2D eigenvalue weighted by atomic mass is 10.1. The first kappa shape index (κ1) is 17.9. The van der Waals surface area contributed by atoms with E-state index in [-0.39, 0.29) is 5.91 Å². The fraction of sp³-hybridized carbons (Fsp3) is 0.350. The first-order valence-corrected chi connectivity index (χ1v) is 8.94. The largest absolute Gasteiger partial charge is 0.372 e. The van der Waals surface area contributed by atoms with E-state index in [0.717, 1.165) is 46.6 Å². The second kappa shape index (κ2) is 7.15. The zero-order valence-corrected chi connectivity index (χ0v) is 16.0. The van der Waals surface area contributed by atoms with Gasteiger partial charge >= 0.3 is 0 Å². The van der Waals surface area contributed by atoms with Gasteiger partial charge in [-0.15, -0.1) is 10.2 Å². The molecule has 0 bridgehead atoms. The molecule has 2 aromatic carbocycles. The van der Waals surface area contributed by atoms with E-state index in [1.54, 1.807) is 4.80 Å². The van der Waals surface area contributed by atoms with Crippen LogP contribution in [-0.2, 0) is 4.79 Å². The summed E-state index contributed by atoms with van der Waals surface area (Å²) in [4.78, 5) is 15.3. The van der Waals surface area contributed by atoms with Crippen LogP contribution in [0.4, 0.5) is 11.4 Å². The van der Waals surface area contributed by atoms with Gasteiger partial charge in [0.1, 0.15) is 11.0 Å². The van der Waals surface area contributed by atoms with Crippen molar-refractivity contribution in [2.24, 2.45) is 0 Å². The van der Waals surface area contributed by atoms with Crippen molar-refractivity contribution in [1.29, 1.82) is 0 Å². The van der Waals surface area contributed by atoms with Gasteiger partial charge in [-0.2, -0.15) is 4.80 Å². The van der Waals surface area contributed by atoms with Gasteiger partial charge in [-0.25, -0.2) is 0 Å². The molecule has 1 aromatic heterocycles. The molecule has 0 atom stereocenters. The zero-order valence-electron chi connectivity index (χ0n) is 16.0. The highest BCUT2D eigenvalue weighted by molar-refractivity contribution is 5.92. The number of benzene rings is 2. The number of nitrogens with zero attached hydrogens (tertiary/aromatic N) is 4. The number of anilines is 2. The Balaban J connectivity index is 2.01. The second-order valence-corrected chi connectivity index (χ2v) is 6.47. The van der Waals surface area contributed by atoms with Gasteiger partial charge in [0.05, 0.1) is 5.69 Å². The first-order chi connectivity index (χ1) is 12.4. The van der Waals surface area contributed by atoms with E-state index in [1.165, 1.54) is 12.6 Å². The van der Waals surface area contributed by atoms with Crippen LogP contribution < -0.4 is 10.2 Å². The monoisotopic (exact) mass is 351 g/mol. The molecule has 0 spiro atoms. The number of carbonyl (C=O) groups is 1. The van der Waals surface area contributed by atoms with Crippen LogP contribution in [0.1, 0.15) is 31.9 Å². The summed E-state index contributed by atoms with van der Waals surface area (Å²) >= 11 is 0. The summed E-state index contributed by atoms with van der Waals surface area (Å²) in [5.41, 5.74) is 6.58. The summed E-state index contributed by atoms with van der Waals surface area (Å²) in [7, 11) is 0. The Morgan fingerprint density at radius 2 is 1.69 bits per heavy atom. The highest BCUT2D eigenvalue weighted by atomic mass is 16.1. The predicted molar refractivity (Wildman–Crippen MR) is 106 cm³/mol. The lowest BCUT2D eigenvalue weighted by molar-refractivity contribution is -0.114. The minimum absolute atomic E-state index is 0.0947. The van der Waals surface area contributed by atoms with Gasteiger partial charge in [-0.3, -0.25) is 4.79 Å². The maximum Gasteiger partial charge on any atom is 0.221 e. The molecule has 136 valence electrons. The standard InChI is InChI=1S/C20H25N5O/c1-6-24(7-2)16-8-9-20(14(4)10-16)25-22-18-11-13(3)17(21-15(5)26)12-19(18)23-25/h8-12H,6-7H2,1-5H3,(H,21,26). The molecule has 0 saturated carbocycles. The smallest absolute Gasteiger partial charge is 0.221 e. The summed E-state index contributed by atoms with van der Waals surface area (Å²) in [6.07, 6.45) is 0. The van der Waals surface area contributed by atoms with E-state index in [1.807, 2.05) is 19.1 Å². The molecule has 0 fully saturated rings. The number of aromatic nitrogens is 3. The third-order valence-corrected chi connectivity index (χ3v) is 4.56. The van der Waals surface area contributed by atoms with Crippen LogP contribution >= 0.6 is 0 Å². The van der Waals surface area contributed by atoms with Gasteiger partial charge < -0.3 is 10.2 Å². The molecule has 1 N–H and O–H groups in total. The Morgan fingerprint density at radius 1 is 1.04 bits per heavy atom. The Labute approximate surface area is 153 Å². The number of hydrogen-bond donors (Lipinski definition) is 1. The average Bonchev–Trinajstić information content (AvgIpc) is 2.98. The number of aryl methyl sites for hydroxylation is 2. The molecule has 1 amide bonds. The lowest BCUT2D eigenvalue weighted by Crippen LogP contribution is -2.21. The zero-order chi connectivity index (χ0) is 18.8. The summed E-state index contributed by atoms with van der Waals surface area (Å²) in [6.45, 7) is 11.8. The third-order valence-electron chi connectivity index (χ3n) is 4.56. The number of carbonyl (C=O) groups excluding carboxylic acids is 1. The fourth-order valence-electron chi connectivity index (χ4n) is 3.15. The second-order valence-electron chi connectivity index (χ2n) is 6.47. The topological polar surface area (TPSA) is 63.1 Å². The van der Waals surface area contributed by atoms with Crippen LogP contribution in [0.2, 0.25) is 0 Å². The molecule has 0 saturated heterocycles. The van der Waals surface area contributed by atoms with Crippen molar-refractivity contribution in [2.75, 3.05) is 23.3 Å². The van der Waals surface area contributed by atoms with Crippen molar-refractivity contribution in [3.63, 3.8) is 0 Å². The highest BCUT2D eigenvalue weighted by Gasteiger charge is 2.12. The van der Waals surface area contributed by atoms with Gasteiger partial charge in [-0.1, -0.05) is 0 Å². The van der Waals surface area contributed by atoms with Gasteiger partial charge in [0, 0.05) is 31.4 Å². The molecule has 0 aliphatic carbocycles. The van der Waals surface area contributed by atoms with Gasteiger partial charge in [-0.05, 0) is 69.2 Å². The van der Waals surface area contributed by atoms with Crippen LogP contribution in [0.5, 0.6) is 0 Å². The number of nitrogens with one attached hydrogen (secondary N) is 1. The summed E-state index contributed by atoms with van der Waals surface area (Å²) in [6, 6.07) is 10.2. The summed E-state index contributed by atoms with van der Waals surface area (Å²) < 4.78 is 0. The fourth-order valence-corrected chi connectivity index (χ4v) is 3.15. The van der Waals surface area contributed by atoms with Crippen molar-refractivity contribution in [3.05, 3.63) is 41.5 Å². The third kappa shape index (κ3) is 3.40. The molecular formula is C20H25N5O. The normalized spacial score (nSPS) is 11.0. The van der Waals surface area contributed by atoms with E-state index in [2.05, 4.69) is 59.4 Å². The summed E-state index contributed by atoms with van der Waals surface area (Å²) in [5, 5.41) is 12.1. The Morgan fingerprint density at radius 3 is 2.27 bits per heavy atom. The van der Waals surface area contributed by atoms with Crippen LogP contribution in [0.15, 0.2) is 30.3 Å². The van der Waals surface area contributed by atoms with Gasteiger partial charge in [0.25, 0.3) is 0 Å². The molecule has 0 unspecified atom stereocenters. The van der Waals surface area contributed by atoms with E-state index in [4.69, 9.17) is 0 Å². The van der Waals surface area contributed by atoms with E-state index >= 15 is 0 Å². The minimum atomic E-state index is -0.0947. The number of amides is 1. The maximum absolute atomic E-state index is 11.4. The minimum Gasteiger partial charge on any atom is -0.372 e. The Kier molecular flexibility index (Phi) is 4.93. The SMILES string of the molecule is CCN(CC)c1ccc(-n2nc3cc(C)c(NC(C)=O)cc3n2)c(C)c1. The highest BCUT2D eigenvalue weighted by Crippen LogP contribution is 2.25. The van der Waals surface area contributed by atoms with Crippen LogP contribution in [0, 0.1) is 13.8 Å². The van der Waals surface area contributed by atoms with Crippen molar-refractivity contribution in [1.82, 2.24) is 15.0 Å². The number of hydrogen-bond acceptors (Lipinski definition) is 4. The average molecular weight is 351 g/mol. The van der Waals surface area contributed by atoms with Crippen molar-refractivity contribution in [3.8, 4) is 5.69 Å². The van der Waals surface area contributed by atoms with E-state index in [9.17, 15) is 4.79 Å². The lowest BCUT2D eigenvalue weighted by Gasteiger charge is -2.22. The van der Waals surface area contributed by atoms with Gasteiger partial charge in [0.2, 0.25) is 5.91 Å². The Hall–Kier alpha value is -2.89. The summed E-state index contributed by atoms with van der Waals surface area (Å²) in [5.74, 6) is -0.0947. The van der Waals surface area contributed by atoms with E-state index < -0.39 is 0 Å². The molecular weight excluding hydrogens is 326 g/mol. The van der Waals surface area contributed by atoms with Crippen molar-refractivity contribution < 1.29 is 4.79 Å². The number of fused-ring (bicyclic) bond motifs is 1. The Bertz CT molecular complexity index is 956. The maximum atomic E-state index is 11.4. The molecule has 0 aliphatic heterocycles. The van der Waals surface area contributed by atoms with E-state index in [0.29, 0.717) is 0 Å². The van der Waals surface area contributed by atoms with Crippen LogP contribution in [0.3, 0.4) is 0 Å². The van der Waals surface area contributed by atoms with Crippen LogP contribution in [0.25, 0.3) is 16.7 Å². The van der Waals surface area contributed by atoms with Crippen LogP contribution in [-0.4, -0.2) is 34.0 Å². The molecule has 6 nitrogen and oxygen atoms in total. The predicted octanol–water partition coefficient (Wildman–Crippen LogP) is 3.84.